The van der Waals surface area contributed by atoms with Gasteiger partial charge in [0, 0.05) is 0 Å². The van der Waals surface area contributed by atoms with Crippen molar-refractivity contribution in [3.63, 3.8) is 0 Å². The Morgan fingerprint density at radius 1 is 1.05 bits per heavy atom. The van der Waals surface area contributed by atoms with Crippen LogP contribution in [0.3, 0.4) is 0 Å². The average Bonchev–Trinajstić information content (AvgIpc) is 2.86. The van der Waals surface area contributed by atoms with Gasteiger partial charge in [-0.05, 0) is 60.7 Å². The number of amides is 1. The molecule has 7 nitrogen and oxygen atoms in total. The van der Waals surface area contributed by atoms with E-state index in [9.17, 15) is 13.2 Å². The molecule has 1 aliphatic rings. The lowest BCUT2D eigenvalue weighted by Gasteiger charge is -2.36. The smallest absolute Gasteiger partial charge is 0.264 e. The lowest BCUT2D eigenvalue weighted by molar-refractivity contribution is -0.127. The van der Waals surface area contributed by atoms with Crippen LogP contribution in [-0.2, 0) is 20.2 Å². The highest BCUT2D eigenvalue weighted by atomic mass is 32.2. The predicted octanol–water partition coefficient (Wildman–Crippen LogP) is 4.75. The maximum atomic E-state index is 13.7. The standard InChI is InChI=1S/C29H34N2O5S/c1-20-11-13-25(21(2)17-20)35-16-15-30-28(32)27-19-31(37(33,34)23-9-7-6-8-10-23)24-18-22(29(3,4)5)12-14-26(24)36-27/h6-14,17-18,27H,15-16,19H2,1-5H3,(H,30,32)/t27-/m0/s1. The second kappa shape index (κ2) is 10.5. The molecule has 0 radical (unpaired) electrons. The average molecular weight is 523 g/mol. The largest absolute Gasteiger partial charge is 0.491 e. The zero-order chi connectivity index (χ0) is 26.8. The van der Waals surface area contributed by atoms with E-state index in [4.69, 9.17) is 9.47 Å². The van der Waals surface area contributed by atoms with Crippen molar-refractivity contribution in [3.8, 4) is 11.5 Å². The van der Waals surface area contributed by atoms with E-state index < -0.39 is 22.0 Å². The van der Waals surface area contributed by atoms with Crippen LogP contribution in [-0.4, -0.2) is 40.1 Å². The number of fused-ring (bicyclic) bond motifs is 1. The van der Waals surface area contributed by atoms with E-state index in [-0.39, 0.29) is 30.0 Å². The van der Waals surface area contributed by atoms with Crippen LogP contribution in [0, 0.1) is 13.8 Å². The van der Waals surface area contributed by atoms with Crippen molar-refractivity contribution in [2.24, 2.45) is 0 Å². The van der Waals surface area contributed by atoms with Gasteiger partial charge in [-0.1, -0.05) is 62.7 Å². The number of anilines is 1. The third-order valence-electron chi connectivity index (χ3n) is 6.31. The summed E-state index contributed by atoms with van der Waals surface area (Å²) < 4.78 is 40.4. The number of sulfonamides is 1. The van der Waals surface area contributed by atoms with Gasteiger partial charge in [0.2, 0.25) is 0 Å². The molecule has 4 rings (SSSR count). The minimum absolute atomic E-state index is 0.137. The van der Waals surface area contributed by atoms with E-state index >= 15 is 0 Å². The van der Waals surface area contributed by atoms with Gasteiger partial charge < -0.3 is 14.8 Å². The molecule has 1 atom stereocenters. The van der Waals surface area contributed by atoms with Gasteiger partial charge in [-0.3, -0.25) is 9.10 Å². The molecular formula is C29H34N2O5S. The van der Waals surface area contributed by atoms with E-state index in [1.165, 1.54) is 4.31 Å². The number of carbonyl (C=O) groups is 1. The Morgan fingerprint density at radius 3 is 2.46 bits per heavy atom. The van der Waals surface area contributed by atoms with E-state index in [2.05, 4.69) is 26.1 Å². The van der Waals surface area contributed by atoms with Crippen LogP contribution >= 0.6 is 0 Å². The summed E-state index contributed by atoms with van der Waals surface area (Å²) >= 11 is 0. The summed E-state index contributed by atoms with van der Waals surface area (Å²) in [5.41, 5.74) is 3.38. The van der Waals surface area contributed by atoms with E-state index in [1.807, 2.05) is 44.2 Å². The first-order valence-corrected chi connectivity index (χ1v) is 13.8. The van der Waals surface area contributed by atoms with Crippen LogP contribution in [0.25, 0.3) is 0 Å². The molecule has 0 fully saturated rings. The van der Waals surface area contributed by atoms with Gasteiger partial charge in [-0.15, -0.1) is 0 Å². The highest BCUT2D eigenvalue weighted by Gasteiger charge is 2.38. The second-order valence-corrected chi connectivity index (χ2v) is 12.2. The summed E-state index contributed by atoms with van der Waals surface area (Å²) in [6, 6.07) is 19.6. The fraction of sp³-hybridized carbons (Fsp3) is 0.345. The van der Waals surface area contributed by atoms with Gasteiger partial charge in [0.15, 0.2) is 6.10 Å². The number of aryl methyl sites for hydroxylation is 2. The molecule has 0 aromatic heterocycles. The van der Waals surface area contributed by atoms with Crippen LogP contribution < -0.4 is 19.1 Å². The fourth-order valence-electron chi connectivity index (χ4n) is 4.21. The number of nitrogens with zero attached hydrogens (tertiary/aromatic N) is 1. The third-order valence-corrected chi connectivity index (χ3v) is 8.10. The molecule has 8 heteroatoms. The molecule has 3 aromatic rings. The van der Waals surface area contributed by atoms with Crippen molar-refractivity contribution in [3.05, 3.63) is 83.4 Å². The lowest BCUT2D eigenvalue weighted by Crippen LogP contribution is -2.51. The molecule has 196 valence electrons. The Kier molecular flexibility index (Phi) is 7.50. The molecular weight excluding hydrogens is 488 g/mol. The molecule has 0 unspecified atom stereocenters. The Balaban J connectivity index is 1.53. The van der Waals surface area contributed by atoms with Crippen molar-refractivity contribution in [2.75, 3.05) is 24.0 Å². The summed E-state index contributed by atoms with van der Waals surface area (Å²) in [5.74, 6) is 0.714. The zero-order valence-corrected chi connectivity index (χ0v) is 22.8. The first-order chi connectivity index (χ1) is 17.5. The van der Waals surface area contributed by atoms with Gasteiger partial charge in [0.1, 0.15) is 18.1 Å². The molecule has 0 aliphatic carbocycles. The molecule has 1 heterocycles. The van der Waals surface area contributed by atoms with Crippen LogP contribution in [0.4, 0.5) is 5.69 Å². The van der Waals surface area contributed by atoms with Gasteiger partial charge in [-0.25, -0.2) is 8.42 Å². The number of hydrogen-bond donors (Lipinski definition) is 1. The summed E-state index contributed by atoms with van der Waals surface area (Å²) in [5, 5.41) is 2.82. The minimum atomic E-state index is -3.93. The van der Waals surface area contributed by atoms with Crippen molar-refractivity contribution >= 4 is 21.6 Å². The topological polar surface area (TPSA) is 84.9 Å². The molecule has 1 amide bonds. The highest BCUT2D eigenvalue weighted by Crippen LogP contribution is 2.40. The summed E-state index contributed by atoms with van der Waals surface area (Å²) in [4.78, 5) is 13.2. The normalized spacial score (nSPS) is 15.5. The predicted molar refractivity (Wildman–Crippen MR) is 145 cm³/mol. The van der Waals surface area contributed by atoms with Crippen LogP contribution in [0.1, 0.15) is 37.5 Å². The third kappa shape index (κ3) is 5.91. The summed E-state index contributed by atoms with van der Waals surface area (Å²) in [6.07, 6.45) is -1.01. The summed E-state index contributed by atoms with van der Waals surface area (Å²) in [7, 11) is -3.93. The van der Waals surface area contributed by atoms with E-state index in [1.54, 1.807) is 36.4 Å². The Morgan fingerprint density at radius 2 is 1.78 bits per heavy atom. The Labute approximate surface area is 219 Å². The second-order valence-electron chi connectivity index (χ2n) is 10.3. The number of rotatable bonds is 7. The SMILES string of the molecule is Cc1ccc(OCCNC(=O)[C@@H]2CN(S(=O)(=O)c3ccccc3)c3cc(C(C)(C)C)ccc3O2)c(C)c1. The quantitative estimate of drug-likeness (QED) is 0.453. The number of benzene rings is 3. The van der Waals surface area contributed by atoms with Crippen molar-refractivity contribution < 1.29 is 22.7 Å². The van der Waals surface area contributed by atoms with Gasteiger partial charge >= 0.3 is 0 Å². The first kappa shape index (κ1) is 26.5. The lowest BCUT2D eigenvalue weighted by atomic mass is 9.86. The van der Waals surface area contributed by atoms with Crippen molar-refractivity contribution in [1.82, 2.24) is 5.32 Å². The molecule has 1 N–H and O–H groups in total. The van der Waals surface area contributed by atoms with Crippen LogP contribution in [0.15, 0.2) is 71.6 Å². The maximum Gasteiger partial charge on any atom is 0.264 e. The Hall–Kier alpha value is -3.52. The molecule has 0 bridgehead atoms. The number of hydrogen-bond acceptors (Lipinski definition) is 5. The Bertz CT molecular complexity index is 1380. The zero-order valence-electron chi connectivity index (χ0n) is 21.9. The number of nitrogens with one attached hydrogen (secondary N) is 1. The number of ether oxygens (including phenoxy) is 2. The maximum absolute atomic E-state index is 13.7. The molecule has 1 aliphatic heterocycles. The summed E-state index contributed by atoms with van der Waals surface area (Å²) in [6.45, 7) is 10.6. The highest BCUT2D eigenvalue weighted by molar-refractivity contribution is 7.92. The number of carbonyl (C=O) groups excluding carboxylic acids is 1. The van der Waals surface area contributed by atoms with Crippen LogP contribution in [0.2, 0.25) is 0 Å². The molecule has 3 aromatic carbocycles. The fourth-order valence-corrected chi connectivity index (χ4v) is 5.70. The van der Waals surface area contributed by atoms with Crippen molar-refractivity contribution in [1.29, 1.82) is 0 Å². The molecule has 0 saturated carbocycles. The van der Waals surface area contributed by atoms with Gasteiger partial charge in [-0.2, -0.15) is 0 Å². The van der Waals surface area contributed by atoms with Gasteiger partial charge in [0.05, 0.1) is 23.7 Å². The molecule has 0 saturated heterocycles. The van der Waals surface area contributed by atoms with E-state index in [0.29, 0.717) is 11.4 Å². The van der Waals surface area contributed by atoms with Crippen LogP contribution in [0.5, 0.6) is 11.5 Å². The molecule has 0 spiro atoms. The molecule has 37 heavy (non-hydrogen) atoms. The van der Waals surface area contributed by atoms with E-state index in [0.717, 1.165) is 22.4 Å². The van der Waals surface area contributed by atoms with Gasteiger partial charge in [0.25, 0.3) is 15.9 Å². The monoisotopic (exact) mass is 522 g/mol. The first-order valence-electron chi connectivity index (χ1n) is 12.3. The minimum Gasteiger partial charge on any atom is -0.491 e. The van der Waals surface area contributed by atoms with Crippen molar-refractivity contribution in [2.45, 2.75) is 51.0 Å².